The Morgan fingerprint density at radius 3 is 2.32 bits per heavy atom. The standard InChI is InChI=1S/C20H23N5/c1-4-18-19(5-2)24-25-20(23-18)22-14(3)15-8-10-16(11-9-15)17-7-6-12-21-13-17/h6-14H,4-5H2,1-3H3,(H,22,23,25). The molecule has 0 fully saturated rings. The third-order valence-electron chi connectivity index (χ3n) is 4.26. The van der Waals surface area contributed by atoms with Gasteiger partial charge in [0, 0.05) is 12.4 Å². The van der Waals surface area contributed by atoms with Crippen LogP contribution in [-0.4, -0.2) is 20.2 Å². The molecule has 25 heavy (non-hydrogen) atoms. The summed E-state index contributed by atoms with van der Waals surface area (Å²) in [6.07, 6.45) is 5.38. The zero-order chi connectivity index (χ0) is 17.6. The maximum Gasteiger partial charge on any atom is 0.243 e. The molecule has 5 heteroatoms. The van der Waals surface area contributed by atoms with E-state index >= 15 is 0 Å². The number of nitrogens with zero attached hydrogens (tertiary/aromatic N) is 4. The number of anilines is 1. The molecule has 1 N–H and O–H groups in total. The lowest BCUT2D eigenvalue weighted by Crippen LogP contribution is -2.12. The highest BCUT2D eigenvalue weighted by Crippen LogP contribution is 2.22. The van der Waals surface area contributed by atoms with E-state index < -0.39 is 0 Å². The number of rotatable bonds is 6. The summed E-state index contributed by atoms with van der Waals surface area (Å²) in [6.45, 7) is 6.26. The van der Waals surface area contributed by atoms with Crippen LogP contribution in [0.15, 0.2) is 48.8 Å². The van der Waals surface area contributed by atoms with Crippen molar-refractivity contribution in [2.24, 2.45) is 0 Å². The van der Waals surface area contributed by atoms with Gasteiger partial charge in [-0.1, -0.05) is 44.2 Å². The van der Waals surface area contributed by atoms with Crippen molar-refractivity contribution in [1.29, 1.82) is 0 Å². The molecule has 0 spiro atoms. The Labute approximate surface area is 148 Å². The highest BCUT2D eigenvalue weighted by atomic mass is 15.2. The van der Waals surface area contributed by atoms with Crippen LogP contribution in [0, 0.1) is 0 Å². The quantitative estimate of drug-likeness (QED) is 0.731. The summed E-state index contributed by atoms with van der Waals surface area (Å²) < 4.78 is 0. The first-order valence-electron chi connectivity index (χ1n) is 8.70. The zero-order valence-corrected chi connectivity index (χ0v) is 14.9. The molecule has 1 atom stereocenters. The topological polar surface area (TPSA) is 63.6 Å². The van der Waals surface area contributed by atoms with E-state index in [1.54, 1.807) is 6.20 Å². The van der Waals surface area contributed by atoms with Gasteiger partial charge in [0.05, 0.1) is 17.4 Å². The Morgan fingerprint density at radius 2 is 1.68 bits per heavy atom. The Balaban J connectivity index is 1.74. The van der Waals surface area contributed by atoms with Crippen LogP contribution >= 0.6 is 0 Å². The van der Waals surface area contributed by atoms with Gasteiger partial charge in [0.1, 0.15) is 0 Å². The van der Waals surface area contributed by atoms with E-state index in [-0.39, 0.29) is 6.04 Å². The van der Waals surface area contributed by atoms with E-state index in [0.717, 1.165) is 35.4 Å². The number of benzene rings is 1. The molecule has 0 saturated carbocycles. The molecule has 128 valence electrons. The van der Waals surface area contributed by atoms with E-state index in [9.17, 15) is 0 Å². The first kappa shape index (κ1) is 17.0. The van der Waals surface area contributed by atoms with Gasteiger partial charge in [-0.3, -0.25) is 4.98 Å². The summed E-state index contributed by atoms with van der Waals surface area (Å²) in [5, 5.41) is 11.8. The van der Waals surface area contributed by atoms with Crippen LogP contribution in [-0.2, 0) is 12.8 Å². The molecule has 0 radical (unpaired) electrons. The SMILES string of the molecule is CCc1nnc(NC(C)c2ccc(-c3cccnc3)cc2)nc1CC. The van der Waals surface area contributed by atoms with Gasteiger partial charge in [-0.25, -0.2) is 4.98 Å². The van der Waals surface area contributed by atoms with Gasteiger partial charge in [-0.05, 0) is 42.5 Å². The highest BCUT2D eigenvalue weighted by molar-refractivity contribution is 5.62. The van der Waals surface area contributed by atoms with E-state index in [1.807, 2.05) is 12.3 Å². The van der Waals surface area contributed by atoms with Gasteiger partial charge in [0.2, 0.25) is 5.95 Å². The van der Waals surface area contributed by atoms with Crippen molar-refractivity contribution in [1.82, 2.24) is 20.2 Å². The van der Waals surface area contributed by atoms with Crippen LogP contribution in [0.5, 0.6) is 0 Å². The molecule has 0 aliphatic carbocycles. The van der Waals surface area contributed by atoms with Crippen LogP contribution in [0.4, 0.5) is 5.95 Å². The number of hydrogen-bond acceptors (Lipinski definition) is 5. The van der Waals surface area contributed by atoms with Crippen LogP contribution in [0.1, 0.15) is 43.8 Å². The maximum absolute atomic E-state index is 4.60. The van der Waals surface area contributed by atoms with Crippen molar-refractivity contribution >= 4 is 5.95 Å². The maximum atomic E-state index is 4.60. The molecule has 3 rings (SSSR count). The van der Waals surface area contributed by atoms with Gasteiger partial charge in [-0.2, -0.15) is 5.10 Å². The number of nitrogens with one attached hydrogen (secondary N) is 1. The molecule has 2 aromatic heterocycles. The van der Waals surface area contributed by atoms with Crippen LogP contribution in [0.25, 0.3) is 11.1 Å². The van der Waals surface area contributed by atoms with E-state index in [1.165, 1.54) is 5.56 Å². The lowest BCUT2D eigenvalue weighted by atomic mass is 10.0. The molecule has 1 aromatic carbocycles. The number of aromatic nitrogens is 4. The Morgan fingerprint density at radius 1 is 0.920 bits per heavy atom. The van der Waals surface area contributed by atoms with Crippen LogP contribution in [0.2, 0.25) is 0 Å². The molecule has 0 aliphatic rings. The number of pyridine rings is 1. The van der Waals surface area contributed by atoms with Gasteiger partial charge < -0.3 is 5.32 Å². The smallest absolute Gasteiger partial charge is 0.243 e. The minimum absolute atomic E-state index is 0.0990. The highest BCUT2D eigenvalue weighted by Gasteiger charge is 2.10. The lowest BCUT2D eigenvalue weighted by molar-refractivity contribution is 0.790. The molecular weight excluding hydrogens is 310 g/mol. The van der Waals surface area contributed by atoms with Gasteiger partial charge >= 0.3 is 0 Å². The minimum atomic E-state index is 0.0990. The summed E-state index contributed by atoms with van der Waals surface area (Å²) in [6, 6.07) is 12.6. The molecule has 5 nitrogen and oxygen atoms in total. The second kappa shape index (κ2) is 7.83. The van der Waals surface area contributed by atoms with Crippen molar-refractivity contribution in [3.63, 3.8) is 0 Å². The third-order valence-corrected chi connectivity index (χ3v) is 4.26. The average Bonchev–Trinajstić information content (AvgIpc) is 2.68. The van der Waals surface area contributed by atoms with Crippen LogP contribution < -0.4 is 5.32 Å². The largest absolute Gasteiger partial charge is 0.346 e. The first-order chi connectivity index (χ1) is 12.2. The third kappa shape index (κ3) is 3.99. The van der Waals surface area contributed by atoms with Crippen molar-refractivity contribution in [2.45, 2.75) is 39.7 Å². The van der Waals surface area contributed by atoms with Crippen molar-refractivity contribution < 1.29 is 0 Å². The number of aryl methyl sites for hydroxylation is 2. The molecule has 3 aromatic rings. The minimum Gasteiger partial charge on any atom is -0.346 e. The first-order valence-corrected chi connectivity index (χ1v) is 8.70. The fourth-order valence-corrected chi connectivity index (χ4v) is 2.77. The van der Waals surface area contributed by atoms with E-state index in [4.69, 9.17) is 0 Å². The zero-order valence-electron chi connectivity index (χ0n) is 14.9. The second-order valence-corrected chi connectivity index (χ2v) is 5.97. The molecule has 1 unspecified atom stereocenters. The van der Waals surface area contributed by atoms with E-state index in [0.29, 0.717) is 5.95 Å². The fourth-order valence-electron chi connectivity index (χ4n) is 2.77. The molecule has 0 bridgehead atoms. The van der Waals surface area contributed by atoms with Gasteiger partial charge in [-0.15, -0.1) is 5.10 Å². The predicted molar refractivity (Wildman–Crippen MR) is 100 cm³/mol. The fraction of sp³-hybridized carbons (Fsp3) is 0.300. The predicted octanol–water partition coefficient (Wildman–Crippen LogP) is 4.23. The monoisotopic (exact) mass is 333 g/mol. The Kier molecular flexibility index (Phi) is 5.33. The lowest BCUT2D eigenvalue weighted by Gasteiger charge is -2.15. The van der Waals surface area contributed by atoms with Gasteiger partial charge in [0.25, 0.3) is 0 Å². The normalized spacial score (nSPS) is 12.0. The summed E-state index contributed by atoms with van der Waals surface area (Å²) >= 11 is 0. The Bertz CT molecular complexity index is 815. The van der Waals surface area contributed by atoms with E-state index in [2.05, 4.69) is 76.6 Å². The molecular formula is C20H23N5. The molecule has 2 heterocycles. The summed E-state index contributed by atoms with van der Waals surface area (Å²) in [4.78, 5) is 8.77. The average molecular weight is 333 g/mol. The number of hydrogen-bond donors (Lipinski definition) is 1. The molecule has 0 saturated heterocycles. The second-order valence-electron chi connectivity index (χ2n) is 5.97. The summed E-state index contributed by atoms with van der Waals surface area (Å²) in [7, 11) is 0. The van der Waals surface area contributed by atoms with Gasteiger partial charge in [0.15, 0.2) is 0 Å². The molecule has 0 amide bonds. The van der Waals surface area contributed by atoms with Crippen molar-refractivity contribution in [2.75, 3.05) is 5.32 Å². The van der Waals surface area contributed by atoms with Crippen molar-refractivity contribution in [3.05, 3.63) is 65.7 Å². The summed E-state index contributed by atoms with van der Waals surface area (Å²) in [5.74, 6) is 0.581. The van der Waals surface area contributed by atoms with Crippen molar-refractivity contribution in [3.8, 4) is 11.1 Å². The Hall–Kier alpha value is -2.82. The molecule has 0 aliphatic heterocycles. The van der Waals surface area contributed by atoms with Crippen LogP contribution in [0.3, 0.4) is 0 Å². The summed E-state index contributed by atoms with van der Waals surface area (Å²) in [5.41, 5.74) is 5.43.